The third-order valence-corrected chi connectivity index (χ3v) is 9.66. The molecular formula is C46H29NO2. The lowest BCUT2D eigenvalue weighted by molar-refractivity contribution is 0.669. The van der Waals surface area contributed by atoms with Crippen LogP contribution in [0.5, 0.6) is 0 Å². The fourth-order valence-electron chi connectivity index (χ4n) is 7.38. The molecule has 3 heteroatoms. The zero-order valence-electron chi connectivity index (χ0n) is 26.5. The SMILES string of the molecule is c1ccc(-c2ccc(N(c3cccc(-c4cccc5oc6ccccc6c45)c3)c3cccc4c3oc3c5ccccc5ccc43)cc2)cc1. The topological polar surface area (TPSA) is 29.5 Å². The summed E-state index contributed by atoms with van der Waals surface area (Å²) in [6.45, 7) is 0. The first-order valence-electron chi connectivity index (χ1n) is 16.6. The van der Waals surface area contributed by atoms with Gasteiger partial charge in [0, 0.05) is 38.3 Å². The monoisotopic (exact) mass is 627 g/mol. The van der Waals surface area contributed by atoms with E-state index >= 15 is 0 Å². The van der Waals surface area contributed by atoms with Gasteiger partial charge < -0.3 is 13.7 Å². The molecule has 0 aliphatic heterocycles. The number of hydrogen-bond donors (Lipinski definition) is 0. The second-order valence-electron chi connectivity index (χ2n) is 12.5. The molecule has 3 nitrogen and oxygen atoms in total. The summed E-state index contributed by atoms with van der Waals surface area (Å²) in [4.78, 5) is 2.32. The van der Waals surface area contributed by atoms with Crippen molar-refractivity contribution in [2.45, 2.75) is 0 Å². The van der Waals surface area contributed by atoms with Gasteiger partial charge >= 0.3 is 0 Å². The van der Waals surface area contributed by atoms with Gasteiger partial charge in [-0.2, -0.15) is 0 Å². The molecule has 8 aromatic carbocycles. The van der Waals surface area contributed by atoms with Crippen molar-refractivity contribution >= 4 is 71.7 Å². The van der Waals surface area contributed by atoms with E-state index < -0.39 is 0 Å². The fraction of sp³-hybridized carbons (Fsp3) is 0. The van der Waals surface area contributed by atoms with Gasteiger partial charge in [0.15, 0.2) is 5.58 Å². The number of para-hydroxylation sites is 2. The minimum atomic E-state index is 0.856. The van der Waals surface area contributed by atoms with Crippen LogP contribution in [0.2, 0.25) is 0 Å². The van der Waals surface area contributed by atoms with E-state index in [1.165, 1.54) is 11.1 Å². The Kier molecular flexibility index (Phi) is 6.18. The van der Waals surface area contributed by atoms with Gasteiger partial charge in [-0.3, -0.25) is 0 Å². The summed E-state index contributed by atoms with van der Waals surface area (Å²) in [5.74, 6) is 0. The summed E-state index contributed by atoms with van der Waals surface area (Å²) in [6.07, 6.45) is 0. The smallest absolute Gasteiger partial charge is 0.159 e. The van der Waals surface area contributed by atoms with Gasteiger partial charge in [0.1, 0.15) is 16.7 Å². The van der Waals surface area contributed by atoms with Crippen molar-refractivity contribution < 1.29 is 8.83 Å². The molecule has 0 radical (unpaired) electrons. The standard InChI is InChI=1S/C46H29NO2/c1-2-11-30(12-3-1)31-23-26-34(27-24-31)47(41-20-9-19-38-39-28-25-32-13-4-5-16-37(32)45(39)49-46(38)41)35-15-8-14-33(29-35)36-18-10-22-43-44(36)40-17-6-7-21-42(40)48-43/h1-29H. The minimum absolute atomic E-state index is 0.856. The number of benzene rings is 8. The van der Waals surface area contributed by atoms with Gasteiger partial charge in [0.2, 0.25) is 0 Å². The van der Waals surface area contributed by atoms with E-state index in [0.717, 1.165) is 82.8 Å². The van der Waals surface area contributed by atoms with Crippen LogP contribution in [-0.2, 0) is 0 Å². The molecule has 0 bridgehead atoms. The molecule has 0 saturated carbocycles. The van der Waals surface area contributed by atoms with Gasteiger partial charge in [-0.25, -0.2) is 0 Å². The summed E-state index contributed by atoms with van der Waals surface area (Å²) in [5.41, 5.74) is 11.2. The quantitative estimate of drug-likeness (QED) is 0.190. The largest absolute Gasteiger partial charge is 0.456 e. The van der Waals surface area contributed by atoms with Crippen LogP contribution >= 0.6 is 0 Å². The third kappa shape index (κ3) is 4.44. The highest BCUT2D eigenvalue weighted by molar-refractivity contribution is 6.18. The van der Waals surface area contributed by atoms with Crippen LogP contribution in [0.25, 0.3) is 76.9 Å². The second kappa shape index (κ2) is 11.0. The lowest BCUT2D eigenvalue weighted by Crippen LogP contribution is -2.10. The van der Waals surface area contributed by atoms with E-state index in [2.05, 4.69) is 169 Å². The minimum Gasteiger partial charge on any atom is -0.456 e. The van der Waals surface area contributed by atoms with Crippen molar-refractivity contribution in [2.24, 2.45) is 0 Å². The Bertz CT molecular complexity index is 2830. The highest BCUT2D eigenvalue weighted by Gasteiger charge is 2.21. The molecule has 10 rings (SSSR count). The molecule has 230 valence electrons. The zero-order valence-corrected chi connectivity index (χ0v) is 26.5. The van der Waals surface area contributed by atoms with Gasteiger partial charge in [-0.05, 0) is 76.2 Å². The molecule has 10 aromatic rings. The molecule has 2 heterocycles. The Balaban J connectivity index is 1.20. The Morgan fingerprint density at radius 1 is 0.367 bits per heavy atom. The predicted molar refractivity (Wildman–Crippen MR) is 204 cm³/mol. The van der Waals surface area contributed by atoms with E-state index in [9.17, 15) is 0 Å². The molecule has 0 N–H and O–H groups in total. The van der Waals surface area contributed by atoms with Gasteiger partial charge in [0.25, 0.3) is 0 Å². The van der Waals surface area contributed by atoms with Crippen molar-refractivity contribution in [1.29, 1.82) is 0 Å². The normalized spacial score (nSPS) is 11.7. The second-order valence-corrected chi connectivity index (χ2v) is 12.5. The molecule has 0 amide bonds. The molecule has 0 atom stereocenters. The molecule has 0 aliphatic rings. The number of rotatable bonds is 5. The van der Waals surface area contributed by atoms with Crippen molar-refractivity contribution in [1.82, 2.24) is 0 Å². The Labute approximate surface area is 282 Å². The predicted octanol–water partition coefficient (Wildman–Crippen LogP) is 13.4. The maximum absolute atomic E-state index is 6.87. The van der Waals surface area contributed by atoms with Crippen molar-refractivity contribution in [3.8, 4) is 22.3 Å². The molecule has 0 saturated heterocycles. The van der Waals surface area contributed by atoms with E-state index in [1.54, 1.807) is 0 Å². The van der Waals surface area contributed by atoms with E-state index in [1.807, 2.05) is 12.1 Å². The van der Waals surface area contributed by atoms with Crippen molar-refractivity contribution in [3.63, 3.8) is 0 Å². The number of nitrogens with zero attached hydrogens (tertiary/aromatic N) is 1. The summed E-state index contributed by atoms with van der Waals surface area (Å²) in [6, 6.07) is 61.9. The Hall–Kier alpha value is -6.58. The van der Waals surface area contributed by atoms with Crippen LogP contribution in [0.3, 0.4) is 0 Å². The lowest BCUT2D eigenvalue weighted by Gasteiger charge is -2.26. The van der Waals surface area contributed by atoms with Gasteiger partial charge in [-0.15, -0.1) is 0 Å². The first kappa shape index (κ1) is 27.5. The van der Waals surface area contributed by atoms with Crippen LogP contribution < -0.4 is 4.90 Å². The van der Waals surface area contributed by atoms with E-state index in [-0.39, 0.29) is 0 Å². The van der Waals surface area contributed by atoms with Crippen LogP contribution in [-0.4, -0.2) is 0 Å². The fourth-order valence-corrected chi connectivity index (χ4v) is 7.38. The number of anilines is 3. The first-order chi connectivity index (χ1) is 24.3. The molecular weight excluding hydrogens is 599 g/mol. The average Bonchev–Trinajstić information content (AvgIpc) is 3.75. The number of fused-ring (bicyclic) bond motifs is 8. The average molecular weight is 628 g/mol. The Morgan fingerprint density at radius 2 is 1.04 bits per heavy atom. The van der Waals surface area contributed by atoms with Gasteiger partial charge in [0.05, 0.1) is 5.69 Å². The van der Waals surface area contributed by atoms with Crippen LogP contribution in [0.1, 0.15) is 0 Å². The first-order valence-corrected chi connectivity index (χ1v) is 16.6. The maximum atomic E-state index is 6.87. The molecule has 0 aliphatic carbocycles. The van der Waals surface area contributed by atoms with E-state index in [0.29, 0.717) is 0 Å². The van der Waals surface area contributed by atoms with Crippen LogP contribution in [0.4, 0.5) is 17.1 Å². The highest BCUT2D eigenvalue weighted by Crippen LogP contribution is 2.45. The van der Waals surface area contributed by atoms with Gasteiger partial charge in [-0.1, -0.05) is 127 Å². The molecule has 0 unspecified atom stereocenters. The molecule has 0 spiro atoms. The lowest BCUT2D eigenvalue weighted by atomic mass is 9.98. The van der Waals surface area contributed by atoms with Crippen LogP contribution in [0, 0.1) is 0 Å². The number of furan rings is 2. The highest BCUT2D eigenvalue weighted by atomic mass is 16.3. The molecule has 2 aromatic heterocycles. The summed E-state index contributed by atoms with van der Waals surface area (Å²) in [7, 11) is 0. The third-order valence-electron chi connectivity index (χ3n) is 9.66. The Morgan fingerprint density at radius 3 is 1.94 bits per heavy atom. The maximum Gasteiger partial charge on any atom is 0.159 e. The van der Waals surface area contributed by atoms with Crippen molar-refractivity contribution in [3.05, 3.63) is 176 Å². The zero-order chi connectivity index (χ0) is 32.3. The summed E-state index contributed by atoms with van der Waals surface area (Å²) in [5, 5.41) is 6.73. The van der Waals surface area contributed by atoms with E-state index in [4.69, 9.17) is 8.83 Å². The number of hydrogen-bond acceptors (Lipinski definition) is 3. The van der Waals surface area contributed by atoms with Crippen LogP contribution in [0.15, 0.2) is 185 Å². The van der Waals surface area contributed by atoms with Crippen molar-refractivity contribution in [2.75, 3.05) is 4.90 Å². The summed E-state index contributed by atoms with van der Waals surface area (Å²) < 4.78 is 13.1. The summed E-state index contributed by atoms with van der Waals surface area (Å²) >= 11 is 0. The molecule has 0 fully saturated rings. The molecule has 49 heavy (non-hydrogen) atoms.